The Morgan fingerprint density at radius 3 is 2.52 bits per heavy atom. The van der Waals surface area contributed by atoms with Gasteiger partial charge < -0.3 is 15.4 Å². The lowest BCUT2D eigenvalue weighted by molar-refractivity contribution is -0.140. The molecule has 1 aromatic heterocycles. The highest BCUT2D eigenvalue weighted by molar-refractivity contribution is 5.97. The molecule has 0 unspecified atom stereocenters. The maximum Gasteiger partial charge on any atom is 0.256 e. The summed E-state index contributed by atoms with van der Waals surface area (Å²) in [7, 11) is 1.59. The standard InChI is InChI=1S/C14H18N6O2.ClH/c1-22-14(6-8-15-9-7-14)13(21)16-11-4-2-10(3-5-11)12-17-19-20-18-12;/h2-5,15H,6-9H2,1H3,(H,16,21)(H,17,18,19,20);1H. The molecular formula is C14H19ClN6O2. The molecule has 2 heterocycles. The highest BCUT2D eigenvalue weighted by Crippen LogP contribution is 2.25. The van der Waals surface area contributed by atoms with Crippen LogP contribution in [-0.4, -0.2) is 52.3 Å². The third-order valence-corrected chi connectivity index (χ3v) is 3.96. The average molecular weight is 339 g/mol. The fraction of sp³-hybridized carbons (Fsp3) is 0.429. The maximum atomic E-state index is 12.5. The van der Waals surface area contributed by atoms with Crippen LogP contribution in [0.4, 0.5) is 5.69 Å². The normalized spacial score (nSPS) is 16.4. The minimum Gasteiger partial charge on any atom is -0.368 e. The van der Waals surface area contributed by atoms with Gasteiger partial charge in [-0.25, -0.2) is 0 Å². The Bertz CT molecular complexity index is 625. The SMILES string of the molecule is COC1(C(=O)Nc2ccc(-c3nn[nH]n3)cc2)CCNCC1.Cl. The Balaban J connectivity index is 0.00000192. The van der Waals surface area contributed by atoms with Crippen LogP contribution in [-0.2, 0) is 9.53 Å². The van der Waals surface area contributed by atoms with Crippen LogP contribution in [0.1, 0.15) is 12.8 Å². The van der Waals surface area contributed by atoms with Crippen molar-refractivity contribution in [3.8, 4) is 11.4 Å². The van der Waals surface area contributed by atoms with Crippen LogP contribution in [0.25, 0.3) is 11.4 Å². The van der Waals surface area contributed by atoms with E-state index in [1.54, 1.807) is 7.11 Å². The van der Waals surface area contributed by atoms with Gasteiger partial charge in [0.05, 0.1) is 0 Å². The number of hydrogen-bond acceptors (Lipinski definition) is 6. The molecule has 1 aliphatic rings. The van der Waals surface area contributed by atoms with Gasteiger partial charge in [0, 0.05) is 18.4 Å². The van der Waals surface area contributed by atoms with E-state index < -0.39 is 5.60 Å². The van der Waals surface area contributed by atoms with Gasteiger partial charge in [0.25, 0.3) is 5.91 Å². The first-order chi connectivity index (χ1) is 10.7. The number of carbonyl (C=O) groups is 1. The molecule has 0 atom stereocenters. The molecule has 8 nitrogen and oxygen atoms in total. The minimum absolute atomic E-state index is 0. The van der Waals surface area contributed by atoms with Crippen LogP contribution >= 0.6 is 12.4 Å². The fourth-order valence-corrected chi connectivity index (χ4v) is 2.59. The molecule has 1 aromatic carbocycles. The molecule has 0 aliphatic carbocycles. The zero-order valence-electron chi connectivity index (χ0n) is 12.7. The third-order valence-electron chi connectivity index (χ3n) is 3.96. The Morgan fingerprint density at radius 2 is 1.96 bits per heavy atom. The number of aromatic nitrogens is 4. The Kier molecular flexibility index (Phi) is 5.64. The van der Waals surface area contributed by atoms with Crippen LogP contribution < -0.4 is 10.6 Å². The number of ether oxygens (including phenoxy) is 1. The van der Waals surface area contributed by atoms with E-state index in [0.717, 1.165) is 18.7 Å². The van der Waals surface area contributed by atoms with Crippen LogP contribution in [0, 0.1) is 0 Å². The Labute approximate surface area is 139 Å². The van der Waals surface area contributed by atoms with E-state index in [9.17, 15) is 4.79 Å². The number of nitrogens with one attached hydrogen (secondary N) is 3. The monoisotopic (exact) mass is 338 g/mol. The molecule has 3 rings (SSSR count). The lowest BCUT2D eigenvalue weighted by Crippen LogP contribution is -2.51. The van der Waals surface area contributed by atoms with E-state index in [1.165, 1.54) is 0 Å². The first-order valence-corrected chi connectivity index (χ1v) is 7.15. The second-order valence-corrected chi connectivity index (χ2v) is 5.22. The van der Waals surface area contributed by atoms with Crippen LogP contribution in [0.2, 0.25) is 0 Å². The number of anilines is 1. The molecule has 0 radical (unpaired) electrons. The third kappa shape index (κ3) is 3.66. The second kappa shape index (κ2) is 7.49. The van der Waals surface area contributed by atoms with E-state index in [0.29, 0.717) is 24.4 Å². The topological polar surface area (TPSA) is 105 Å². The van der Waals surface area contributed by atoms with E-state index >= 15 is 0 Å². The molecule has 23 heavy (non-hydrogen) atoms. The van der Waals surface area contributed by atoms with Gasteiger partial charge in [0.1, 0.15) is 5.60 Å². The Hall–Kier alpha value is -2.03. The summed E-state index contributed by atoms with van der Waals surface area (Å²) in [5, 5.41) is 19.9. The first kappa shape index (κ1) is 17.3. The molecule has 1 fully saturated rings. The summed E-state index contributed by atoms with van der Waals surface area (Å²) in [6.07, 6.45) is 1.33. The largest absolute Gasteiger partial charge is 0.368 e. The van der Waals surface area contributed by atoms with Crippen LogP contribution in [0.15, 0.2) is 24.3 Å². The van der Waals surface area contributed by atoms with Crippen molar-refractivity contribution in [2.45, 2.75) is 18.4 Å². The number of nitrogens with zero attached hydrogens (tertiary/aromatic N) is 3. The predicted molar refractivity (Wildman–Crippen MR) is 87.3 cm³/mol. The van der Waals surface area contributed by atoms with Crippen molar-refractivity contribution >= 4 is 24.0 Å². The number of methoxy groups -OCH3 is 1. The zero-order valence-corrected chi connectivity index (χ0v) is 13.5. The van der Waals surface area contributed by atoms with Crippen molar-refractivity contribution < 1.29 is 9.53 Å². The lowest BCUT2D eigenvalue weighted by atomic mass is 9.91. The smallest absolute Gasteiger partial charge is 0.256 e. The number of carbonyl (C=O) groups excluding carboxylic acids is 1. The summed E-state index contributed by atoms with van der Waals surface area (Å²) in [5.74, 6) is 0.411. The van der Waals surface area contributed by atoms with Crippen molar-refractivity contribution in [2.75, 3.05) is 25.5 Å². The summed E-state index contributed by atoms with van der Waals surface area (Å²) in [6, 6.07) is 7.30. The maximum absolute atomic E-state index is 12.5. The molecular weight excluding hydrogens is 320 g/mol. The van der Waals surface area contributed by atoms with Crippen molar-refractivity contribution in [2.24, 2.45) is 0 Å². The molecule has 1 aliphatic heterocycles. The molecule has 0 spiro atoms. The number of hydrogen-bond donors (Lipinski definition) is 3. The van der Waals surface area contributed by atoms with Gasteiger partial charge in [0.15, 0.2) is 0 Å². The number of tetrazole rings is 1. The summed E-state index contributed by atoms with van der Waals surface area (Å²) >= 11 is 0. The number of amides is 1. The van der Waals surface area contributed by atoms with E-state index in [2.05, 4.69) is 31.3 Å². The van der Waals surface area contributed by atoms with Crippen molar-refractivity contribution in [1.82, 2.24) is 25.9 Å². The molecule has 124 valence electrons. The Morgan fingerprint density at radius 1 is 1.26 bits per heavy atom. The summed E-state index contributed by atoms with van der Waals surface area (Å²) in [5.41, 5.74) is 0.791. The first-order valence-electron chi connectivity index (χ1n) is 7.15. The van der Waals surface area contributed by atoms with Gasteiger partial charge in [-0.05, 0) is 55.4 Å². The van der Waals surface area contributed by atoms with Gasteiger partial charge >= 0.3 is 0 Å². The van der Waals surface area contributed by atoms with E-state index in [-0.39, 0.29) is 18.3 Å². The van der Waals surface area contributed by atoms with Gasteiger partial charge in [-0.1, -0.05) is 0 Å². The van der Waals surface area contributed by atoms with Gasteiger partial charge in [-0.15, -0.1) is 22.6 Å². The van der Waals surface area contributed by atoms with E-state index in [1.807, 2.05) is 24.3 Å². The zero-order chi connectivity index (χ0) is 15.4. The molecule has 1 amide bonds. The molecule has 9 heteroatoms. The molecule has 0 bridgehead atoms. The summed E-state index contributed by atoms with van der Waals surface area (Å²) in [4.78, 5) is 12.5. The average Bonchev–Trinajstić information content (AvgIpc) is 3.10. The van der Waals surface area contributed by atoms with Crippen molar-refractivity contribution in [3.05, 3.63) is 24.3 Å². The van der Waals surface area contributed by atoms with E-state index in [4.69, 9.17) is 4.74 Å². The number of halogens is 1. The van der Waals surface area contributed by atoms with Gasteiger partial charge in [-0.3, -0.25) is 4.79 Å². The van der Waals surface area contributed by atoms with Gasteiger partial charge in [0.2, 0.25) is 5.82 Å². The van der Waals surface area contributed by atoms with Crippen molar-refractivity contribution in [1.29, 1.82) is 0 Å². The summed E-state index contributed by atoms with van der Waals surface area (Å²) in [6.45, 7) is 1.55. The predicted octanol–water partition coefficient (Wildman–Crippen LogP) is 0.996. The molecule has 0 saturated carbocycles. The number of H-pyrrole nitrogens is 1. The fourth-order valence-electron chi connectivity index (χ4n) is 2.59. The lowest BCUT2D eigenvalue weighted by Gasteiger charge is -2.34. The number of piperidine rings is 1. The highest BCUT2D eigenvalue weighted by atomic mass is 35.5. The molecule has 3 N–H and O–H groups in total. The quantitative estimate of drug-likeness (QED) is 0.768. The van der Waals surface area contributed by atoms with Gasteiger partial charge in [-0.2, -0.15) is 5.21 Å². The van der Waals surface area contributed by atoms with Crippen LogP contribution in [0.5, 0.6) is 0 Å². The number of aromatic amines is 1. The minimum atomic E-state index is -0.752. The second-order valence-electron chi connectivity index (χ2n) is 5.22. The number of rotatable bonds is 4. The molecule has 2 aromatic rings. The summed E-state index contributed by atoms with van der Waals surface area (Å²) < 4.78 is 5.51. The number of benzene rings is 1. The molecule has 1 saturated heterocycles. The van der Waals surface area contributed by atoms with Crippen LogP contribution in [0.3, 0.4) is 0 Å². The highest BCUT2D eigenvalue weighted by Gasteiger charge is 2.39. The van der Waals surface area contributed by atoms with Crippen molar-refractivity contribution in [3.63, 3.8) is 0 Å².